The van der Waals surface area contributed by atoms with Crippen LogP contribution in [0.3, 0.4) is 0 Å². The highest BCUT2D eigenvalue weighted by Crippen LogP contribution is 2.21. The number of para-hydroxylation sites is 1. The van der Waals surface area contributed by atoms with Crippen molar-refractivity contribution in [3.63, 3.8) is 0 Å². The molecule has 2 aromatic carbocycles. The van der Waals surface area contributed by atoms with Gasteiger partial charge in [0.1, 0.15) is 0 Å². The van der Waals surface area contributed by atoms with E-state index in [0.717, 1.165) is 0 Å². The molecule has 0 aromatic heterocycles. The van der Waals surface area contributed by atoms with E-state index < -0.39 is 11.7 Å². The normalized spacial score (nSPS) is 11.2. The van der Waals surface area contributed by atoms with Gasteiger partial charge in [0.15, 0.2) is 18.2 Å². The number of rotatable bonds is 5. The molecule has 0 aliphatic rings. The summed E-state index contributed by atoms with van der Waals surface area (Å²) in [6, 6.07) is 10.8. The van der Waals surface area contributed by atoms with Crippen molar-refractivity contribution in [2.75, 3.05) is 6.61 Å². The van der Waals surface area contributed by atoms with Crippen LogP contribution in [0.25, 0.3) is 0 Å². The third-order valence-electron chi connectivity index (χ3n) is 2.86. The molecule has 23 heavy (non-hydrogen) atoms. The fraction of sp³-hybridized carbons (Fsp3) is 0.125. The fourth-order valence-corrected chi connectivity index (χ4v) is 2.14. The van der Waals surface area contributed by atoms with E-state index in [1.807, 2.05) is 0 Å². The molecule has 0 aliphatic carbocycles. The van der Waals surface area contributed by atoms with Gasteiger partial charge in [-0.1, -0.05) is 35.3 Å². The van der Waals surface area contributed by atoms with E-state index >= 15 is 0 Å². The van der Waals surface area contributed by atoms with Crippen LogP contribution < -0.4 is 10.2 Å². The maximum absolute atomic E-state index is 13.3. The molecular weight excluding hydrogens is 342 g/mol. The standard InChI is InChI=1S/C16H13Cl2FN2O2/c1-10(12-8-11(17)6-7-13(12)18)20-21-16(22)9-23-15-5-3-2-4-14(15)19/h2-8H,9H2,1H3,(H,21,22)/b20-10-. The lowest BCUT2D eigenvalue weighted by molar-refractivity contribution is -0.123. The highest BCUT2D eigenvalue weighted by atomic mass is 35.5. The van der Waals surface area contributed by atoms with Crippen LogP contribution in [0.2, 0.25) is 10.0 Å². The first-order chi connectivity index (χ1) is 11.0. The lowest BCUT2D eigenvalue weighted by Crippen LogP contribution is -2.25. The molecule has 2 rings (SSSR count). The molecule has 1 N–H and O–H groups in total. The number of nitrogens with zero attached hydrogens (tertiary/aromatic N) is 1. The molecule has 0 unspecified atom stereocenters. The maximum atomic E-state index is 13.3. The second kappa shape index (κ2) is 7.94. The Labute approximate surface area is 142 Å². The van der Waals surface area contributed by atoms with E-state index in [-0.39, 0.29) is 12.4 Å². The molecule has 0 aliphatic heterocycles. The van der Waals surface area contributed by atoms with Gasteiger partial charge in [-0.05, 0) is 37.3 Å². The van der Waals surface area contributed by atoms with Gasteiger partial charge in [0.05, 0.1) is 5.71 Å². The van der Waals surface area contributed by atoms with Gasteiger partial charge in [0.2, 0.25) is 0 Å². The minimum Gasteiger partial charge on any atom is -0.481 e. The van der Waals surface area contributed by atoms with Crippen LogP contribution in [0, 0.1) is 5.82 Å². The average molecular weight is 355 g/mol. The van der Waals surface area contributed by atoms with Crippen molar-refractivity contribution < 1.29 is 13.9 Å². The first-order valence-electron chi connectivity index (χ1n) is 6.63. The third kappa shape index (κ3) is 4.94. The van der Waals surface area contributed by atoms with Crippen LogP contribution in [-0.2, 0) is 4.79 Å². The van der Waals surface area contributed by atoms with Gasteiger partial charge in [0, 0.05) is 15.6 Å². The minimum atomic E-state index is -0.536. The summed E-state index contributed by atoms with van der Waals surface area (Å²) in [4.78, 5) is 11.7. The Morgan fingerprint density at radius 1 is 1.26 bits per heavy atom. The first kappa shape index (κ1) is 17.2. The van der Waals surface area contributed by atoms with Gasteiger partial charge in [-0.3, -0.25) is 4.79 Å². The molecule has 0 bridgehead atoms. The Kier molecular flexibility index (Phi) is 5.96. The van der Waals surface area contributed by atoms with Crippen LogP contribution in [-0.4, -0.2) is 18.2 Å². The number of carbonyl (C=O) groups is 1. The second-order valence-electron chi connectivity index (χ2n) is 4.58. The van der Waals surface area contributed by atoms with Crippen molar-refractivity contribution in [1.29, 1.82) is 0 Å². The SMILES string of the molecule is C/C(=N/NC(=O)COc1ccccc1F)c1cc(Cl)ccc1Cl. The number of nitrogens with one attached hydrogen (secondary N) is 1. The Morgan fingerprint density at radius 3 is 2.74 bits per heavy atom. The Bertz CT molecular complexity index is 751. The molecule has 0 atom stereocenters. The predicted molar refractivity (Wildman–Crippen MR) is 88.7 cm³/mol. The van der Waals surface area contributed by atoms with E-state index in [0.29, 0.717) is 21.3 Å². The van der Waals surface area contributed by atoms with Gasteiger partial charge >= 0.3 is 0 Å². The quantitative estimate of drug-likeness (QED) is 0.650. The van der Waals surface area contributed by atoms with Gasteiger partial charge < -0.3 is 4.74 Å². The monoisotopic (exact) mass is 354 g/mol. The summed E-state index contributed by atoms with van der Waals surface area (Å²) in [7, 11) is 0. The van der Waals surface area contributed by atoms with E-state index in [2.05, 4.69) is 10.5 Å². The molecule has 0 radical (unpaired) electrons. The topological polar surface area (TPSA) is 50.7 Å². The maximum Gasteiger partial charge on any atom is 0.277 e. The van der Waals surface area contributed by atoms with Crippen LogP contribution >= 0.6 is 23.2 Å². The number of halogens is 3. The summed E-state index contributed by atoms with van der Waals surface area (Å²) in [5.41, 5.74) is 3.41. The zero-order chi connectivity index (χ0) is 16.8. The highest BCUT2D eigenvalue weighted by Gasteiger charge is 2.08. The summed E-state index contributed by atoms with van der Waals surface area (Å²) < 4.78 is 18.4. The molecule has 0 saturated carbocycles. The number of ether oxygens (including phenoxy) is 1. The van der Waals surface area contributed by atoms with E-state index in [1.165, 1.54) is 18.2 Å². The summed E-state index contributed by atoms with van der Waals surface area (Å²) >= 11 is 11.9. The number of carbonyl (C=O) groups excluding carboxylic acids is 1. The highest BCUT2D eigenvalue weighted by molar-refractivity contribution is 6.36. The van der Waals surface area contributed by atoms with Crippen LogP contribution in [0.4, 0.5) is 4.39 Å². The molecule has 0 saturated heterocycles. The van der Waals surface area contributed by atoms with Crippen molar-refractivity contribution >= 4 is 34.8 Å². The molecule has 0 heterocycles. The molecule has 0 fully saturated rings. The Hall–Kier alpha value is -2.11. The summed E-state index contributed by atoms with van der Waals surface area (Å²) in [6.07, 6.45) is 0. The molecule has 120 valence electrons. The van der Waals surface area contributed by atoms with E-state index in [9.17, 15) is 9.18 Å². The largest absolute Gasteiger partial charge is 0.481 e. The summed E-state index contributed by atoms with van der Waals surface area (Å²) in [5, 5.41) is 4.90. The summed E-state index contributed by atoms with van der Waals surface area (Å²) in [5.74, 6) is -1.06. The van der Waals surface area contributed by atoms with Crippen LogP contribution in [0.5, 0.6) is 5.75 Å². The molecule has 1 amide bonds. The molecule has 4 nitrogen and oxygen atoms in total. The second-order valence-corrected chi connectivity index (χ2v) is 5.42. The number of hydrazone groups is 1. The van der Waals surface area contributed by atoms with Gasteiger partial charge in [-0.2, -0.15) is 5.10 Å². The molecular formula is C16H13Cl2FN2O2. The third-order valence-corrected chi connectivity index (χ3v) is 3.43. The van der Waals surface area contributed by atoms with Gasteiger partial charge in [0.25, 0.3) is 5.91 Å². The number of hydrogen-bond acceptors (Lipinski definition) is 3. The van der Waals surface area contributed by atoms with Crippen molar-refractivity contribution in [3.8, 4) is 5.75 Å². The first-order valence-corrected chi connectivity index (χ1v) is 7.39. The molecule has 0 spiro atoms. The van der Waals surface area contributed by atoms with E-state index in [1.54, 1.807) is 31.2 Å². The zero-order valence-electron chi connectivity index (χ0n) is 12.1. The molecule has 7 heteroatoms. The van der Waals surface area contributed by atoms with Gasteiger partial charge in [-0.15, -0.1) is 0 Å². The Balaban J connectivity index is 1.95. The lowest BCUT2D eigenvalue weighted by Gasteiger charge is -2.07. The summed E-state index contributed by atoms with van der Waals surface area (Å²) in [6.45, 7) is 1.32. The average Bonchev–Trinajstić information content (AvgIpc) is 2.54. The van der Waals surface area contributed by atoms with Crippen LogP contribution in [0.15, 0.2) is 47.6 Å². The predicted octanol–water partition coefficient (Wildman–Crippen LogP) is 4.05. The smallest absolute Gasteiger partial charge is 0.277 e. The van der Waals surface area contributed by atoms with Crippen molar-refractivity contribution in [2.45, 2.75) is 6.92 Å². The van der Waals surface area contributed by atoms with Crippen molar-refractivity contribution in [3.05, 3.63) is 63.9 Å². The van der Waals surface area contributed by atoms with Crippen molar-refractivity contribution in [1.82, 2.24) is 5.43 Å². The lowest BCUT2D eigenvalue weighted by atomic mass is 10.1. The Morgan fingerprint density at radius 2 is 2.00 bits per heavy atom. The van der Waals surface area contributed by atoms with Gasteiger partial charge in [-0.25, -0.2) is 9.82 Å². The number of benzene rings is 2. The minimum absolute atomic E-state index is 0.00115. The van der Waals surface area contributed by atoms with E-state index in [4.69, 9.17) is 27.9 Å². The molecule has 2 aromatic rings. The zero-order valence-corrected chi connectivity index (χ0v) is 13.7. The number of hydrogen-bond donors (Lipinski definition) is 1. The fourth-order valence-electron chi connectivity index (χ4n) is 1.72. The van der Waals surface area contributed by atoms with Crippen molar-refractivity contribution in [2.24, 2.45) is 5.10 Å². The number of amides is 1. The van der Waals surface area contributed by atoms with Crippen LogP contribution in [0.1, 0.15) is 12.5 Å².